The van der Waals surface area contributed by atoms with E-state index in [2.05, 4.69) is 21.1 Å². The Kier molecular flexibility index (Phi) is 5.48. The summed E-state index contributed by atoms with van der Waals surface area (Å²) in [5.74, 6) is 0. The fourth-order valence-electron chi connectivity index (χ4n) is 2.10. The van der Waals surface area contributed by atoms with Crippen molar-refractivity contribution >= 4 is 11.4 Å². The van der Waals surface area contributed by atoms with Crippen molar-refractivity contribution < 1.29 is 4.48 Å². The van der Waals surface area contributed by atoms with Crippen molar-refractivity contribution in [1.82, 2.24) is 0 Å². The molecule has 0 saturated heterocycles. The first-order chi connectivity index (χ1) is 8.38. The number of aryl methyl sites for hydroxylation is 1. The highest BCUT2D eigenvalue weighted by atomic mass is 15.3. The van der Waals surface area contributed by atoms with Crippen LogP contribution >= 0.6 is 0 Å². The summed E-state index contributed by atoms with van der Waals surface area (Å²) in [4.78, 5) is 0. The summed E-state index contributed by atoms with van der Waals surface area (Å²) in [6.07, 6.45) is 6.12. The molecule has 0 atom stereocenters. The van der Waals surface area contributed by atoms with Crippen LogP contribution in [0.3, 0.4) is 0 Å². The maximum absolute atomic E-state index is 5.93. The topological polar surface area (TPSA) is 52.0 Å². The molecule has 0 fully saturated rings. The molecule has 1 aromatic carbocycles. The molecule has 18 heavy (non-hydrogen) atoms. The van der Waals surface area contributed by atoms with Crippen molar-refractivity contribution in [2.24, 2.45) is 0 Å². The number of nitrogens with zero attached hydrogens (tertiary/aromatic N) is 1. The van der Waals surface area contributed by atoms with Crippen molar-refractivity contribution in [2.75, 3.05) is 39.2 Å². The van der Waals surface area contributed by atoms with Crippen molar-refractivity contribution in [1.29, 1.82) is 0 Å². The third kappa shape index (κ3) is 5.92. The molecular weight excluding hydrogens is 222 g/mol. The highest BCUT2D eigenvalue weighted by molar-refractivity contribution is 5.55. The van der Waals surface area contributed by atoms with Crippen molar-refractivity contribution in [2.45, 2.75) is 32.1 Å². The number of rotatable bonds is 7. The number of quaternary nitrogens is 1. The predicted molar refractivity (Wildman–Crippen MR) is 80.3 cm³/mol. The second kappa shape index (κ2) is 6.64. The second-order valence-corrected chi connectivity index (χ2v) is 6.14. The van der Waals surface area contributed by atoms with Gasteiger partial charge in [0.25, 0.3) is 0 Å². The summed E-state index contributed by atoms with van der Waals surface area (Å²) in [5.41, 5.74) is 14.6. The molecule has 0 aliphatic carbocycles. The molecule has 0 unspecified atom stereocenters. The van der Waals surface area contributed by atoms with Crippen LogP contribution in [0.25, 0.3) is 0 Å². The molecule has 102 valence electrons. The first-order valence-corrected chi connectivity index (χ1v) is 6.83. The maximum Gasteiger partial charge on any atom is 0.0780 e. The number of unbranched alkanes of at least 4 members (excludes halogenated alkanes) is 3. The van der Waals surface area contributed by atoms with E-state index in [9.17, 15) is 0 Å². The lowest BCUT2D eigenvalue weighted by molar-refractivity contribution is -0.870. The minimum absolute atomic E-state index is 0.809. The van der Waals surface area contributed by atoms with Gasteiger partial charge in [-0.15, -0.1) is 0 Å². The summed E-state index contributed by atoms with van der Waals surface area (Å²) >= 11 is 0. The lowest BCUT2D eigenvalue weighted by Crippen LogP contribution is -2.35. The highest BCUT2D eigenvalue weighted by Gasteiger charge is 2.05. The van der Waals surface area contributed by atoms with Crippen LogP contribution in [0, 0.1) is 0 Å². The predicted octanol–water partition coefficient (Wildman–Crippen LogP) is 2.66. The lowest BCUT2D eigenvalue weighted by Gasteiger charge is -2.23. The number of nitrogens with two attached hydrogens (primary N) is 2. The molecular formula is C15H28N3+. The zero-order valence-electron chi connectivity index (χ0n) is 12.1. The van der Waals surface area contributed by atoms with Gasteiger partial charge in [-0.3, -0.25) is 0 Å². The Balaban J connectivity index is 2.20. The molecule has 3 nitrogen and oxygen atoms in total. The van der Waals surface area contributed by atoms with Gasteiger partial charge < -0.3 is 16.0 Å². The fraction of sp³-hybridized carbons (Fsp3) is 0.600. The molecule has 4 N–H and O–H groups in total. The smallest absolute Gasteiger partial charge is 0.0780 e. The summed E-state index contributed by atoms with van der Waals surface area (Å²) in [6.45, 7) is 1.25. The number of benzene rings is 1. The Morgan fingerprint density at radius 3 is 2.28 bits per heavy atom. The third-order valence-corrected chi connectivity index (χ3v) is 3.19. The average Bonchev–Trinajstić information content (AvgIpc) is 2.26. The second-order valence-electron chi connectivity index (χ2n) is 6.14. The van der Waals surface area contributed by atoms with Crippen LogP contribution < -0.4 is 11.5 Å². The van der Waals surface area contributed by atoms with Crippen LogP contribution in [0.2, 0.25) is 0 Å². The Morgan fingerprint density at radius 1 is 0.944 bits per heavy atom. The van der Waals surface area contributed by atoms with Gasteiger partial charge in [0, 0.05) is 11.4 Å². The van der Waals surface area contributed by atoms with Gasteiger partial charge in [0.05, 0.1) is 27.7 Å². The van der Waals surface area contributed by atoms with E-state index in [0.29, 0.717) is 0 Å². The van der Waals surface area contributed by atoms with E-state index in [0.717, 1.165) is 22.3 Å². The Labute approximate surface area is 111 Å². The van der Waals surface area contributed by atoms with Crippen LogP contribution in [0.15, 0.2) is 18.2 Å². The van der Waals surface area contributed by atoms with E-state index < -0.39 is 0 Å². The molecule has 3 heteroatoms. The number of nitrogen functional groups attached to an aromatic ring is 2. The number of hydrogen-bond donors (Lipinski definition) is 2. The zero-order valence-corrected chi connectivity index (χ0v) is 12.1. The minimum Gasteiger partial charge on any atom is -0.399 e. The molecule has 0 aromatic heterocycles. The molecule has 0 heterocycles. The van der Waals surface area contributed by atoms with Gasteiger partial charge in [0.1, 0.15) is 0 Å². The first kappa shape index (κ1) is 14.8. The largest absolute Gasteiger partial charge is 0.399 e. The average molecular weight is 250 g/mol. The van der Waals surface area contributed by atoms with Crippen molar-refractivity contribution in [3.05, 3.63) is 23.8 Å². The summed E-state index contributed by atoms with van der Waals surface area (Å²) in [6, 6.07) is 5.77. The standard InChI is InChI=1S/C15H28N3/c1-18(2,3)11-7-5-4-6-8-13-12-14(16)9-10-15(13)17/h9-10,12H,4-8,11,16-17H2,1-3H3/q+1. The van der Waals surface area contributed by atoms with E-state index in [4.69, 9.17) is 11.5 Å². The molecule has 0 bridgehead atoms. The number of anilines is 2. The molecule has 1 rings (SSSR count). The normalized spacial score (nSPS) is 11.7. The number of hydrogen-bond acceptors (Lipinski definition) is 2. The van der Waals surface area contributed by atoms with E-state index in [-0.39, 0.29) is 0 Å². The van der Waals surface area contributed by atoms with E-state index in [1.165, 1.54) is 37.8 Å². The maximum atomic E-state index is 5.93. The molecule has 0 saturated carbocycles. The molecule has 0 aliphatic rings. The zero-order chi connectivity index (χ0) is 13.6. The summed E-state index contributed by atoms with van der Waals surface area (Å²) < 4.78 is 1.06. The van der Waals surface area contributed by atoms with Gasteiger partial charge in [0.15, 0.2) is 0 Å². The van der Waals surface area contributed by atoms with Gasteiger partial charge in [-0.2, -0.15) is 0 Å². The van der Waals surface area contributed by atoms with Crippen LogP contribution in [-0.2, 0) is 6.42 Å². The fourth-order valence-corrected chi connectivity index (χ4v) is 2.10. The monoisotopic (exact) mass is 250 g/mol. The Bertz CT molecular complexity index is 366. The van der Waals surface area contributed by atoms with Crippen LogP contribution in [0.4, 0.5) is 11.4 Å². The van der Waals surface area contributed by atoms with E-state index >= 15 is 0 Å². The third-order valence-electron chi connectivity index (χ3n) is 3.19. The van der Waals surface area contributed by atoms with E-state index in [1.54, 1.807) is 0 Å². The van der Waals surface area contributed by atoms with Gasteiger partial charge in [-0.05, 0) is 49.4 Å². The molecule has 1 aromatic rings. The lowest BCUT2D eigenvalue weighted by atomic mass is 10.0. The van der Waals surface area contributed by atoms with Gasteiger partial charge >= 0.3 is 0 Å². The van der Waals surface area contributed by atoms with Crippen molar-refractivity contribution in [3.63, 3.8) is 0 Å². The first-order valence-electron chi connectivity index (χ1n) is 6.83. The Hall–Kier alpha value is -1.22. The SMILES string of the molecule is C[N+](C)(C)CCCCCCc1cc(N)ccc1N. The van der Waals surface area contributed by atoms with Gasteiger partial charge in [-0.1, -0.05) is 6.42 Å². The molecule has 0 amide bonds. The minimum atomic E-state index is 0.809. The summed E-state index contributed by atoms with van der Waals surface area (Å²) in [5, 5.41) is 0. The van der Waals surface area contributed by atoms with Crippen LogP contribution in [0.5, 0.6) is 0 Å². The quantitative estimate of drug-likeness (QED) is 0.444. The van der Waals surface area contributed by atoms with Gasteiger partial charge in [-0.25, -0.2) is 0 Å². The van der Waals surface area contributed by atoms with Crippen LogP contribution in [0.1, 0.15) is 31.2 Å². The highest BCUT2D eigenvalue weighted by Crippen LogP contribution is 2.18. The van der Waals surface area contributed by atoms with Crippen LogP contribution in [-0.4, -0.2) is 32.2 Å². The van der Waals surface area contributed by atoms with Gasteiger partial charge in [0.2, 0.25) is 0 Å². The molecule has 0 aliphatic heterocycles. The summed E-state index contributed by atoms with van der Waals surface area (Å²) in [7, 11) is 6.73. The molecule has 0 spiro atoms. The van der Waals surface area contributed by atoms with Crippen molar-refractivity contribution in [3.8, 4) is 0 Å². The van der Waals surface area contributed by atoms with E-state index in [1.807, 2.05) is 18.2 Å². The Morgan fingerprint density at radius 2 is 1.61 bits per heavy atom. The molecule has 0 radical (unpaired) electrons.